The molecule has 2 fully saturated rings. The minimum absolute atomic E-state index is 0.0257. The number of alkyl halides is 4. The second kappa shape index (κ2) is 9.40. The second-order valence-corrected chi connectivity index (χ2v) is 21.1. The Labute approximate surface area is 195 Å². The van der Waals surface area contributed by atoms with Gasteiger partial charge < -0.3 is 0 Å². The van der Waals surface area contributed by atoms with E-state index in [2.05, 4.69) is 11.9 Å². The predicted octanol–water partition coefficient (Wildman–Crippen LogP) is 1.86. The van der Waals surface area contributed by atoms with Gasteiger partial charge >= 0.3 is 196 Å². The number of ether oxygens (including phenoxy) is 1. The molecule has 2 aliphatic heterocycles. The third-order valence-corrected chi connectivity index (χ3v) is 21.3. The summed E-state index contributed by atoms with van der Waals surface area (Å²) in [4.78, 5) is 16.3. The normalized spacial score (nSPS) is 31.4. The number of rotatable bonds is 7. The Morgan fingerprint density at radius 3 is 2.39 bits per heavy atom. The Kier molecular flexibility index (Phi) is 6.99. The van der Waals surface area contributed by atoms with Crippen LogP contribution in [-0.2, 0) is 21.4 Å². The Hall–Kier alpha value is -1.11. The van der Waals surface area contributed by atoms with Crippen LogP contribution in [0.2, 0.25) is 5.02 Å². The van der Waals surface area contributed by atoms with Crippen molar-refractivity contribution in [1.29, 1.82) is 0 Å². The molecule has 5 heteroatoms. The standard InChI is InChI=1S/C26H33ClIO3/c1-3-28(2)22-12-13-23(28)16-24(15-22)31-25(30)26(18-29,20-9-5-4-6-10-20)17-19-8-7-11-21(27)14-19/h4-11,14,22-24,29H,3,12-13,15-18H2,1-2H3/q-1. The summed E-state index contributed by atoms with van der Waals surface area (Å²) in [6, 6.07) is 17.1. The van der Waals surface area contributed by atoms with E-state index in [1.165, 1.54) is 17.3 Å². The Bertz CT molecular complexity index is 904. The molecule has 2 aromatic carbocycles. The van der Waals surface area contributed by atoms with Gasteiger partial charge in [-0.05, 0) is 0 Å². The van der Waals surface area contributed by atoms with Gasteiger partial charge in [0.15, 0.2) is 0 Å². The van der Waals surface area contributed by atoms with E-state index in [0.29, 0.717) is 11.4 Å². The summed E-state index contributed by atoms with van der Waals surface area (Å²) >= 11 is 4.49. The van der Waals surface area contributed by atoms with Crippen molar-refractivity contribution in [2.75, 3.05) is 16.0 Å². The molecule has 2 aliphatic rings. The van der Waals surface area contributed by atoms with Crippen LogP contribution in [0.3, 0.4) is 0 Å². The molecule has 1 N–H and O–H groups in total. The van der Waals surface area contributed by atoms with Crippen molar-refractivity contribution in [2.24, 2.45) is 0 Å². The molecule has 3 atom stereocenters. The number of fused-ring (bicyclic) bond motifs is 2. The SMILES string of the molecule is CC[I-]1(C)C2CCC1CC(OC(=O)C(CO)(Cc1cccc(Cl)c1)c1ccccc1)C2. The van der Waals surface area contributed by atoms with Gasteiger partial charge in [0.05, 0.1) is 0 Å². The number of esters is 1. The van der Waals surface area contributed by atoms with Crippen molar-refractivity contribution in [3.05, 3.63) is 70.7 Å². The zero-order valence-corrected chi connectivity index (χ0v) is 21.3. The van der Waals surface area contributed by atoms with Crippen LogP contribution < -0.4 is 18.4 Å². The quantitative estimate of drug-likeness (QED) is 0.322. The van der Waals surface area contributed by atoms with Crippen molar-refractivity contribution in [2.45, 2.75) is 58.4 Å². The molecule has 2 bridgehead atoms. The van der Waals surface area contributed by atoms with Crippen molar-refractivity contribution in [3.63, 3.8) is 0 Å². The van der Waals surface area contributed by atoms with E-state index >= 15 is 0 Å². The number of carbonyl (C=O) groups is 1. The van der Waals surface area contributed by atoms with Gasteiger partial charge in [-0.25, -0.2) is 0 Å². The summed E-state index contributed by atoms with van der Waals surface area (Å²) in [5, 5.41) is 11.2. The number of hydrogen-bond acceptors (Lipinski definition) is 3. The van der Waals surface area contributed by atoms with Crippen LogP contribution >= 0.6 is 11.6 Å². The molecule has 2 saturated heterocycles. The fourth-order valence-corrected chi connectivity index (χ4v) is 16.6. The molecule has 2 heterocycles. The van der Waals surface area contributed by atoms with Crippen LogP contribution in [0.4, 0.5) is 0 Å². The molecule has 0 aliphatic carbocycles. The first-order valence-corrected chi connectivity index (χ1v) is 17.7. The summed E-state index contributed by atoms with van der Waals surface area (Å²) in [6.07, 6.45) is 4.98. The molecule has 3 nitrogen and oxygen atoms in total. The Morgan fingerprint density at radius 1 is 1.13 bits per heavy atom. The molecule has 0 radical (unpaired) electrons. The fourth-order valence-electron chi connectivity index (χ4n) is 5.47. The Balaban J connectivity index is 1.60. The van der Waals surface area contributed by atoms with Gasteiger partial charge in [-0.1, -0.05) is 0 Å². The molecule has 31 heavy (non-hydrogen) atoms. The molecule has 3 unspecified atom stereocenters. The number of aliphatic hydroxyl groups is 1. The van der Waals surface area contributed by atoms with Gasteiger partial charge in [-0.15, -0.1) is 0 Å². The minimum atomic E-state index is -1.72. The van der Waals surface area contributed by atoms with Gasteiger partial charge in [-0.3, -0.25) is 0 Å². The van der Waals surface area contributed by atoms with Gasteiger partial charge in [0.1, 0.15) is 0 Å². The molecule has 0 spiro atoms. The summed E-state index contributed by atoms with van der Waals surface area (Å²) in [5.41, 5.74) is 0.577. The van der Waals surface area contributed by atoms with Crippen LogP contribution in [0.25, 0.3) is 0 Å². The summed E-state index contributed by atoms with van der Waals surface area (Å²) in [7, 11) is 0. The van der Waals surface area contributed by atoms with E-state index in [4.69, 9.17) is 16.3 Å². The molecule has 0 saturated carbocycles. The average molecular weight is 556 g/mol. The van der Waals surface area contributed by atoms with Crippen molar-refractivity contribution < 1.29 is 33.1 Å². The molecular weight excluding hydrogens is 523 g/mol. The van der Waals surface area contributed by atoms with E-state index in [1.807, 2.05) is 54.6 Å². The van der Waals surface area contributed by atoms with Crippen molar-refractivity contribution in [3.8, 4) is 0 Å². The third kappa shape index (κ3) is 4.40. The summed E-state index contributed by atoms with van der Waals surface area (Å²) < 4.78 is 9.17. The number of halogens is 2. The van der Waals surface area contributed by atoms with Crippen LogP contribution in [0, 0.1) is 0 Å². The molecule has 170 valence electrons. The first-order valence-electron chi connectivity index (χ1n) is 11.2. The van der Waals surface area contributed by atoms with Gasteiger partial charge in [-0.2, -0.15) is 0 Å². The summed E-state index contributed by atoms with van der Waals surface area (Å²) in [6.45, 7) is 2.07. The van der Waals surface area contributed by atoms with E-state index in [1.54, 1.807) is 0 Å². The number of aliphatic hydroxyl groups excluding tert-OH is 1. The van der Waals surface area contributed by atoms with Gasteiger partial charge in [0.25, 0.3) is 0 Å². The molecular formula is C26H33ClIO3-. The topological polar surface area (TPSA) is 46.5 Å². The van der Waals surface area contributed by atoms with E-state index in [-0.39, 0.29) is 18.7 Å². The monoisotopic (exact) mass is 555 g/mol. The molecule has 2 aromatic rings. The van der Waals surface area contributed by atoms with E-state index in [0.717, 1.165) is 31.8 Å². The number of carbonyl (C=O) groups excluding carboxylic acids is 1. The van der Waals surface area contributed by atoms with Crippen LogP contribution in [0.5, 0.6) is 0 Å². The fraction of sp³-hybridized carbons (Fsp3) is 0.500. The number of benzene rings is 2. The zero-order chi connectivity index (χ0) is 22.1. The van der Waals surface area contributed by atoms with E-state index in [9.17, 15) is 9.90 Å². The zero-order valence-electron chi connectivity index (χ0n) is 18.4. The van der Waals surface area contributed by atoms with Crippen molar-refractivity contribution in [1.82, 2.24) is 0 Å². The maximum absolute atomic E-state index is 13.7. The number of hydrogen-bond donors (Lipinski definition) is 1. The van der Waals surface area contributed by atoms with Crippen LogP contribution in [0.15, 0.2) is 54.6 Å². The Morgan fingerprint density at radius 2 is 1.81 bits per heavy atom. The molecule has 0 amide bonds. The van der Waals surface area contributed by atoms with Gasteiger partial charge in [0, 0.05) is 0 Å². The van der Waals surface area contributed by atoms with E-state index < -0.39 is 23.8 Å². The van der Waals surface area contributed by atoms with Gasteiger partial charge in [0.2, 0.25) is 0 Å². The predicted molar refractivity (Wildman–Crippen MR) is 123 cm³/mol. The third-order valence-electron chi connectivity index (χ3n) is 7.47. The summed E-state index contributed by atoms with van der Waals surface area (Å²) in [5.74, 6) is -0.308. The molecule has 0 aromatic heterocycles. The average Bonchev–Trinajstić information content (AvgIpc) is 2.94. The maximum atomic E-state index is 13.7. The first kappa shape index (κ1) is 23.1. The second-order valence-electron chi connectivity index (χ2n) is 9.09. The van der Waals surface area contributed by atoms with Crippen LogP contribution in [-0.4, -0.2) is 41.0 Å². The van der Waals surface area contributed by atoms with Crippen LogP contribution in [0.1, 0.15) is 43.7 Å². The molecule has 4 rings (SSSR count). The van der Waals surface area contributed by atoms with Crippen molar-refractivity contribution >= 4 is 17.6 Å². The first-order chi connectivity index (χ1) is 14.9.